The van der Waals surface area contributed by atoms with Gasteiger partial charge in [-0.25, -0.2) is 8.42 Å². The predicted octanol–water partition coefficient (Wildman–Crippen LogP) is 1.47. The summed E-state index contributed by atoms with van der Waals surface area (Å²) in [6, 6.07) is 6.44. The van der Waals surface area contributed by atoms with Gasteiger partial charge in [-0.05, 0) is 30.7 Å². The first kappa shape index (κ1) is 16.6. The highest BCUT2D eigenvalue weighted by atomic mass is 79.9. The van der Waals surface area contributed by atoms with Crippen molar-refractivity contribution >= 4 is 26.0 Å². The van der Waals surface area contributed by atoms with Crippen LogP contribution in [0.2, 0.25) is 0 Å². The van der Waals surface area contributed by atoms with Crippen LogP contribution in [0.1, 0.15) is 6.42 Å². The summed E-state index contributed by atoms with van der Waals surface area (Å²) < 4.78 is 31.8. The van der Waals surface area contributed by atoms with Gasteiger partial charge in [0.05, 0.1) is 11.5 Å². The molecule has 0 amide bonds. The molecule has 1 rings (SSSR count). The van der Waals surface area contributed by atoms with Crippen molar-refractivity contribution in [2.75, 3.05) is 33.4 Å². The molecule has 0 unspecified atom stereocenters. The van der Waals surface area contributed by atoms with Gasteiger partial charge in [-0.1, -0.05) is 15.9 Å². The zero-order chi connectivity index (χ0) is 14.3. The molecule has 0 saturated heterocycles. The van der Waals surface area contributed by atoms with Crippen LogP contribution in [-0.4, -0.2) is 51.2 Å². The van der Waals surface area contributed by atoms with Crippen LogP contribution in [0.25, 0.3) is 0 Å². The Morgan fingerprint density at radius 3 is 2.42 bits per heavy atom. The maximum atomic E-state index is 12.4. The number of nitrogens with zero attached hydrogens (tertiary/aromatic N) is 1. The topological polar surface area (TPSA) is 66.8 Å². The molecule has 108 valence electrons. The summed E-state index contributed by atoms with van der Waals surface area (Å²) in [5, 5.41) is 9.00. The van der Waals surface area contributed by atoms with E-state index < -0.39 is 10.0 Å². The molecule has 0 atom stereocenters. The van der Waals surface area contributed by atoms with Crippen LogP contribution >= 0.6 is 15.9 Å². The van der Waals surface area contributed by atoms with E-state index in [0.717, 1.165) is 4.47 Å². The van der Waals surface area contributed by atoms with E-state index in [9.17, 15) is 8.42 Å². The third kappa shape index (κ3) is 4.85. The molecule has 1 aromatic carbocycles. The zero-order valence-corrected chi connectivity index (χ0v) is 13.2. The lowest BCUT2D eigenvalue weighted by atomic mass is 10.4. The number of hydrogen-bond donors (Lipinski definition) is 1. The van der Waals surface area contributed by atoms with E-state index >= 15 is 0 Å². The van der Waals surface area contributed by atoms with Gasteiger partial charge in [0.1, 0.15) is 0 Å². The smallest absolute Gasteiger partial charge is 0.243 e. The highest BCUT2D eigenvalue weighted by Crippen LogP contribution is 2.18. The summed E-state index contributed by atoms with van der Waals surface area (Å²) in [4.78, 5) is 0.224. The van der Waals surface area contributed by atoms with Gasteiger partial charge in [0.2, 0.25) is 10.0 Å². The van der Waals surface area contributed by atoms with Gasteiger partial charge in [0.15, 0.2) is 0 Å². The van der Waals surface area contributed by atoms with Gasteiger partial charge >= 0.3 is 0 Å². The highest BCUT2D eigenvalue weighted by Gasteiger charge is 2.23. The molecule has 0 bridgehead atoms. The number of aliphatic hydroxyl groups is 1. The zero-order valence-electron chi connectivity index (χ0n) is 10.8. The summed E-state index contributed by atoms with van der Waals surface area (Å²) in [5.41, 5.74) is 0. The molecular formula is C12H18BrNO4S. The van der Waals surface area contributed by atoms with E-state index in [-0.39, 0.29) is 18.0 Å². The lowest BCUT2D eigenvalue weighted by molar-refractivity contribution is 0.182. The predicted molar refractivity (Wildman–Crippen MR) is 76.5 cm³/mol. The van der Waals surface area contributed by atoms with E-state index in [2.05, 4.69) is 15.9 Å². The lowest BCUT2D eigenvalue weighted by Crippen LogP contribution is -2.34. The summed E-state index contributed by atoms with van der Waals surface area (Å²) in [6.07, 6.45) is 0.590. The van der Waals surface area contributed by atoms with Crippen LogP contribution in [0.5, 0.6) is 0 Å². The first-order valence-corrected chi connectivity index (χ1v) is 8.11. The largest absolute Gasteiger partial charge is 0.395 e. The number of ether oxygens (including phenoxy) is 1. The van der Waals surface area contributed by atoms with Crippen molar-refractivity contribution in [3.05, 3.63) is 28.7 Å². The first-order valence-electron chi connectivity index (χ1n) is 5.88. The van der Waals surface area contributed by atoms with Crippen LogP contribution in [0, 0.1) is 0 Å². The van der Waals surface area contributed by atoms with Gasteiger partial charge in [-0.2, -0.15) is 4.31 Å². The lowest BCUT2D eigenvalue weighted by Gasteiger charge is -2.21. The Morgan fingerprint density at radius 2 is 1.89 bits per heavy atom. The fourth-order valence-electron chi connectivity index (χ4n) is 1.60. The molecule has 0 aliphatic carbocycles. The average Bonchev–Trinajstić information content (AvgIpc) is 2.38. The monoisotopic (exact) mass is 351 g/mol. The second-order valence-electron chi connectivity index (χ2n) is 3.93. The molecule has 0 spiro atoms. The molecular weight excluding hydrogens is 334 g/mol. The molecule has 0 aromatic heterocycles. The Hall–Kier alpha value is -0.470. The summed E-state index contributed by atoms with van der Waals surface area (Å²) in [5.74, 6) is 0. The van der Waals surface area contributed by atoms with Crippen molar-refractivity contribution in [1.29, 1.82) is 0 Å². The van der Waals surface area contributed by atoms with E-state index in [1.54, 1.807) is 31.4 Å². The summed E-state index contributed by atoms with van der Waals surface area (Å²) in [7, 11) is -1.99. The van der Waals surface area contributed by atoms with E-state index in [0.29, 0.717) is 19.6 Å². The molecule has 1 N–H and O–H groups in total. The Labute approximate surface area is 122 Å². The quantitative estimate of drug-likeness (QED) is 0.720. The van der Waals surface area contributed by atoms with Crippen molar-refractivity contribution in [2.24, 2.45) is 0 Å². The number of hydrogen-bond acceptors (Lipinski definition) is 4. The molecule has 1 aromatic rings. The third-order valence-electron chi connectivity index (χ3n) is 2.56. The van der Waals surface area contributed by atoms with E-state index in [1.807, 2.05) is 0 Å². The van der Waals surface area contributed by atoms with Crippen molar-refractivity contribution in [1.82, 2.24) is 4.31 Å². The van der Waals surface area contributed by atoms with Crippen molar-refractivity contribution in [2.45, 2.75) is 11.3 Å². The van der Waals surface area contributed by atoms with Crippen molar-refractivity contribution < 1.29 is 18.3 Å². The van der Waals surface area contributed by atoms with Crippen LogP contribution in [0.15, 0.2) is 33.6 Å². The Bertz CT molecular complexity index is 475. The second-order valence-corrected chi connectivity index (χ2v) is 6.78. The fourth-order valence-corrected chi connectivity index (χ4v) is 3.34. The summed E-state index contributed by atoms with van der Waals surface area (Å²) in [6.45, 7) is 0.690. The van der Waals surface area contributed by atoms with Crippen LogP contribution in [0.3, 0.4) is 0 Å². The van der Waals surface area contributed by atoms with Gasteiger partial charge in [0.25, 0.3) is 0 Å². The number of sulfonamides is 1. The van der Waals surface area contributed by atoms with Gasteiger partial charge in [-0.15, -0.1) is 0 Å². The molecule has 7 heteroatoms. The average molecular weight is 352 g/mol. The maximum absolute atomic E-state index is 12.4. The molecule has 5 nitrogen and oxygen atoms in total. The Kier molecular flexibility index (Phi) is 6.95. The third-order valence-corrected chi connectivity index (χ3v) is 5.00. The molecule has 0 aliphatic heterocycles. The molecule has 0 heterocycles. The molecule has 19 heavy (non-hydrogen) atoms. The summed E-state index contributed by atoms with van der Waals surface area (Å²) >= 11 is 3.27. The van der Waals surface area contributed by atoms with Crippen molar-refractivity contribution in [3.8, 4) is 0 Å². The number of methoxy groups -OCH3 is 1. The van der Waals surface area contributed by atoms with Crippen LogP contribution in [-0.2, 0) is 14.8 Å². The SMILES string of the molecule is COCCCN(CCO)S(=O)(=O)c1ccc(Br)cc1. The van der Waals surface area contributed by atoms with Gasteiger partial charge < -0.3 is 9.84 Å². The second kappa shape index (κ2) is 7.96. The minimum absolute atomic E-state index is 0.0854. The number of benzene rings is 1. The number of aliphatic hydroxyl groups excluding tert-OH is 1. The normalized spacial score (nSPS) is 12.0. The molecule has 0 aliphatic rings. The minimum atomic E-state index is -3.56. The standard InChI is InChI=1S/C12H18BrNO4S/c1-18-10-2-7-14(8-9-15)19(16,17)12-5-3-11(13)4-6-12/h3-6,15H,2,7-10H2,1H3. The van der Waals surface area contributed by atoms with Crippen molar-refractivity contribution in [3.63, 3.8) is 0 Å². The van der Waals surface area contributed by atoms with Gasteiger partial charge in [-0.3, -0.25) is 0 Å². The number of halogens is 1. The maximum Gasteiger partial charge on any atom is 0.243 e. The van der Waals surface area contributed by atoms with Gasteiger partial charge in [0, 0.05) is 31.3 Å². The molecule has 0 saturated carbocycles. The highest BCUT2D eigenvalue weighted by molar-refractivity contribution is 9.10. The molecule has 0 radical (unpaired) electrons. The van der Waals surface area contributed by atoms with Crippen LogP contribution < -0.4 is 0 Å². The molecule has 0 fully saturated rings. The van der Waals surface area contributed by atoms with Crippen LogP contribution in [0.4, 0.5) is 0 Å². The Morgan fingerprint density at radius 1 is 1.26 bits per heavy atom. The first-order chi connectivity index (χ1) is 9.02. The minimum Gasteiger partial charge on any atom is -0.395 e. The van der Waals surface area contributed by atoms with E-state index in [4.69, 9.17) is 9.84 Å². The Balaban J connectivity index is 2.88. The van der Waals surface area contributed by atoms with E-state index in [1.165, 1.54) is 4.31 Å². The fraction of sp³-hybridized carbons (Fsp3) is 0.500. The number of rotatable bonds is 8.